The Balaban J connectivity index is 1.80. The second-order valence-electron chi connectivity index (χ2n) is 5.68. The molecule has 0 radical (unpaired) electrons. The van der Waals surface area contributed by atoms with Gasteiger partial charge in [-0.2, -0.15) is 0 Å². The summed E-state index contributed by atoms with van der Waals surface area (Å²) in [5.41, 5.74) is 2.70. The molecule has 1 aliphatic heterocycles. The second-order valence-corrected chi connectivity index (χ2v) is 5.68. The third-order valence-electron chi connectivity index (χ3n) is 4.32. The van der Waals surface area contributed by atoms with Crippen LogP contribution in [0.15, 0.2) is 4.99 Å². The monoisotopic (exact) mass is 268 g/mol. The average molecular weight is 268 g/mol. The maximum absolute atomic E-state index is 5.69. The summed E-state index contributed by atoms with van der Waals surface area (Å²) in [5, 5.41) is 3.44. The van der Waals surface area contributed by atoms with Gasteiger partial charge in [-0.05, 0) is 25.7 Å². The summed E-state index contributed by atoms with van der Waals surface area (Å²) in [6.07, 6.45) is 8.99. The Morgan fingerprint density at radius 2 is 2.05 bits per heavy atom. The number of hydrogen-bond donors (Lipinski definition) is 3. The smallest absolute Gasteiger partial charge is 0.205 e. The first kappa shape index (κ1) is 14.6. The van der Waals surface area contributed by atoms with Gasteiger partial charge in [-0.15, -0.1) is 0 Å². The number of rotatable bonds is 4. The van der Waals surface area contributed by atoms with Crippen molar-refractivity contribution in [1.82, 2.24) is 10.7 Å². The number of ether oxygens (including phenoxy) is 1. The summed E-state index contributed by atoms with van der Waals surface area (Å²) in [7, 11) is 0. The number of hydrazine groups is 1. The lowest BCUT2D eigenvalue weighted by Crippen LogP contribution is -2.47. The van der Waals surface area contributed by atoms with Crippen molar-refractivity contribution in [3.05, 3.63) is 0 Å². The predicted molar refractivity (Wildman–Crippen MR) is 77.8 cm³/mol. The van der Waals surface area contributed by atoms with Gasteiger partial charge in [-0.25, -0.2) is 5.84 Å². The van der Waals surface area contributed by atoms with Crippen LogP contribution in [0.1, 0.15) is 51.9 Å². The molecular weight excluding hydrogens is 240 g/mol. The van der Waals surface area contributed by atoms with Crippen LogP contribution in [-0.2, 0) is 4.74 Å². The van der Waals surface area contributed by atoms with E-state index in [2.05, 4.69) is 22.7 Å². The molecule has 2 atom stereocenters. The van der Waals surface area contributed by atoms with Crippen molar-refractivity contribution in [3.63, 3.8) is 0 Å². The molecule has 110 valence electrons. The Morgan fingerprint density at radius 3 is 2.74 bits per heavy atom. The summed E-state index contributed by atoms with van der Waals surface area (Å²) in [4.78, 5) is 4.61. The lowest BCUT2D eigenvalue weighted by molar-refractivity contribution is 0.0892. The molecule has 0 amide bonds. The maximum Gasteiger partial charge on any atom is 0.205 e. The van der Waals surface area contributed by atoms with Crippen LogP contribution in [0.2, 0.25) is 0 Å². The van der Waals surface area contributed by atoms with Gasteiger partial charge >= 0.3 is 0 Å². The molecule has 2 unspecified atom stereocenters. The second kappa shape index (κ2) is 7.70. The van der Waals surface area contributed by atoms with Gasteiger partial charge in [0.1, 0.15) is 0 Å². The largest absolute Gasteiger partial charge is 0.378 e. The minimum atomic E-state index is 0.373. The van der Waals surface area contributed by atoms with Crippen molar-refractivity contribution in [2.75, 3.05) is 13.2 Å². The predicted octanol–water partition coefficient (Wildman–Crippen LogP) is 1.54. The number of aliphatic imine (C=N–C) groups is 1. The third kappa shape index (κ3) is 4.35. The molecule has 0 aromatic carbocycles. The van der Waals surface area contributed by atoms with Gasteiger partial charge < -0.3 is 10.1 Å². The lowest BCUT2D eigenvalue weighted by atomic mass is 9.96. The van der Waals surface area contributed by atoms with Gasteiger partial charge in [0, 0.05) is 25.1 Å². The maximum atomic E-state index is 5.69. The highest BCUT2D eigenvalue weighted by Gasteiger charge is 2.26. The summed E-state index contributed by atoms with van der Waals surface area (Å²) >= 11 is 0. The SMILES string of the molecule is CCC1OCCC1CN=C(NN)NC1CCCCC1. The van der Waals surface area contributed by atoms with Crippen LogP contribution in [0.5, 0.6) is 0 Å². The molecule has 2 fully saturated rings. The first-order valence-corrected chi connectivity index (χ1v) is 7.72. The molecule has 1 saturated carbocycles. The Bertz CT molecular complexity index is 289. The van der Waals surface area contributed by atoms with E-state index in [-0.39, 0.29) is 0 Å². The molecular formula is C14H28N4O. The molecule has 0 spiro atoms. The van der Waals surface area contributed by atoms with Crippen molar-refractivity contribution in [2.24, 2.45) is 16.8 Å². The van der Waals surface area contributed by atoms with Gasteiger partial charge in [0.15, 0.2) is 0 Å². The fourth-order valence-corrected chi connectivity index (χ4v) is 3.13. The summed E-state index contributed by atoms with van der Waals surface area (Å²) in [6.45, 7) is 3.85. The molecule has 0 aromatic heterocycles. The highest BCUT2D eigenvalue weighted by atomic mass is 16.5. The lowest BCUT2D eigenvalue weighted by Gasteiger charge is -2.24. The Hall–Kier alpha value is -0.810. The zero-order chi connectivity index (χ0) is 13.5. The minimum absolute atomic E-state index is 0.373. The van der Waals surface area contributed by atoms with Crippen LogP contribution in [-0.4, -0.2) is 31.3 Å². The average Bonchev–Trinajstić information content (AvgIpc) is 2.92. The quantitative estimate of drug-likeness (QED) is 0.313. The van der Waals surface area contributed by atoms with Crippen molar-refractivity contribution in [2.45, 2.75) is 64.0 Å². The normalized spacial score (nSPS) is 29.5. The topological polar surface area (TPSA) is 71.7 Å². The summed E-state index contributed by atoms with van der Waals surface area (Å²) in [6, 6.07) is 0.533. The molecule has 19 heavy (non-hydrogen) atoms. The van der Waals surface area contributed by atoms with Gasteiger partial charge in [0.25, 0.3) is 0 Å². The number of guanidine groups is 1. The van der Waals surface area contributed by atoms with Crippen molar-refractivity contribution < 1.29 is 4.74 Å². The molecule has 5 nitrogen and oxygen atoms in total. The molecule has 1 saturated heterocycles. The number of nitrogens with zero attached hydrogens (tertiary/aromatic N) is 1. The molecule has 1 heterocycles. The molecule has 0 aromatic rings. The first-order valence-electron chi connectivity index (χ1n) is 7.72. The van der Waals surface area contributed by atoms with Gasteiger partial charge in [-0.1, -0.05) is 26.2 Å². The van der Waals surface area contributed by atoms with E-state index in [0.29, 0.717) is 18.1 Å². The van der Waals surface area contributed by atoms with Crippen molar-refractivity contribution >= 4 is 5.96 Å². The van der Waals surface area contributed by atoms with Crippen LogP contribution < -0.4 is 16.6 Å². The molecule has 5 heteroatoms. The van der Waals surface area contributed by atoms with E-state index >= 15 is 0 Å². The van der Waals surface area contributed by atoms with Gasteiger partial charge in [0.05, 0.1) is 6.10 Å². The van der Waals surface area contributed by atoms with E-state index in [1.165, 1.54) is 32.1 Å². The molecule has 1 aliphatic carbocycles. The standard InChI is InChI=1S/C14H28N4O/c1-2-13-11(8-9-19-13)10-16-14(18-15)17-12-6-4-3-5-7-12/h11-13H,2-10,15H2,1H3,(H2,16,17,18). The number of nitrogens with one attached hydrogen (secondary N) is 2. The van der Waals surface area contributed by atoms with E-state index in [9.17, 15) is 0 Å². The van der Waals surface area contributed by atoms with Crippen molar-refractivity contribution in [3.8, 4) is 0 Å². The highest BCUT2D eigenvalue weighted by molar-refractivity contribution is 5.79. The van der Waals surface area contributed by atoms with E-state index in [1.54, 1.807) is 0 Å². The Labute approximate surface area is 116 Å². The summed E-state index contributed by atoms with van der Waals surface area (Å²) in [5.74, 6) is 6.85. The first-order chi connectivity index (χ1) is 9.33. The van der Waals surface area contributed by atoms with Gasteiger partial charge in [0.2, 0.25) is 5.96 Å². The van der Waals surface area contributed by atoms with Crippen molar-refractivity contribution in [1.29, 1.82) is 0 Å². The van der Waals surface area contributed by atoms with E-state index < -0.39 is 0 Å². The molecule has 4 N–H and O–H groups in total. The molecule has 2 rings (SSSR count). The number of hydrogen-bond acceptors (Lipinski definition) is 3. The number of nitrogens with two attached hydrogens (primary N) is 1. The molecule has 2 aliphatic rings. The fraction of sp³-hybridized carbons (Fsp3) is 0.929. The molecule has 0 bridgehead atoms. The van der Waals surface area contributed by atoms with E-state index in [1.807, 2.05) is 0 Å². The third-order valence-corrected chi connectivity index (χ3v) is 4.32. The van der Waals surface area contributed by atoms with Crippen LogP contribution in [0.4, 0.5) is 0 Å². The van der Waals surface area contributed by atoms with Gasteiger partial charge in [-0.3, -0.25) is 10.4 Å². The summed E-state index contributed by atoms with van der Waals surface area (Å²) < 4.78 is 5.69. The van der Waals surface area contributed by atoms with E-state index in [4.69, 9.17) is 10.6 Å². The van der Waals surface area contributed by atoms with Crippen LogP contribution in [0, 0.1) is 5.92 Å². The van der Waals surface area contributed by atoms with E-state index in [0.717, 1.165) is 32.0 Å². The Morgan fingerprint density at radius 1 is 1.26 bits per heavy atom. The highest BCUT2D eigenvalue weighted by Crippen LogP contribution is 2.23. The van der Waals surface area contributed by atoms with Crippen LogP contribution >= 0.6 is 0 Å². The van der Waals surface area contributed by atoms with Crippen LogP contribution in [0.25, 0.3) is 0 Å². The zero-order valence-corrected chi connectivity index (χ0v) is 12.0. The Kier molecular flexibility index (Phi) is 5.92. The fourth-order valence-electron chi connectivity index (χ4n) is 3.13. The zero-order valence-electron chi connectivity index (χ0n) is 12.0. The minimum Gasteiger partial charge on any atom is -0.378 e. The van der Waals surface area contributed by atoms with Crippen LogP contribution in [0.3, 0.4) is 0 Å².